The van der Waals surface area contributed by atoms with Gasteiger partial charge in [-0.2, -0.15) is 0 Å². The van der Waals surface area contributed by atoms with Crippen LogP contribution in [-0.4, -0.2) is 24.9 Å². The Morgan fingerprint density at radius 2 is 1.50 bits per heavy atom. The molecule has 0 heterocycles. The lowest BCUT2D eigenvalue weighted by molar-refractivity contribution is -0.114. The topological polar surface area (TPSA) is 61.4 Å². The smallest absolute Gasteiger partial charge is 0.258 e. The highest BCUT2D eigenvalue weighted by molar-refractivity contribution is 6.35. The first-order valence-electron chi connectivity index (χ1n) is 9.43. The number of carbonyl (C=O) groups is 2. The van der Waals surface area contributed by atoms with Gasteiger partial charge in [-0.05, 0) is 61.5 Å². The van der Waals surface area contributed by atoms with Crippen LogP contribution < -0.4 is 15.5 Å². The Morgan fingerprint density at radius 1 is 0.867 bits per heavy atom. The molecule has 0 spiro atoms. The molecule has 0 unspecified atom stereocenters. The molecular weight excluding hydrogens is 421 g/mol. The fraction of sp³-hybridized carbons (Fsp3) is 0.130. The van der Waals surface area contributed by atoms with E-state index < -0.39 is 0 Å². The van der Waals surface area contributed by atoms with Gasteiger partial charge in [-0.25, -0.2) is 0 Å². The van der Waals surface area contributed by atoms with Crippen molar-refractivity contribution >= 4 is 52.1 Å². The molecular formula is C23H21Cl2N3O2. The van der Waals surface area contributed by atoms with Gasteiger partial charge >= 0.3 is 0 Å². The highest BCUT2D eigenvalue weighted by Crippen LogP contribution is 2.22. The average Bonchev–Trinajstić information content (AvgIpc) is 2.73. The van der Waals surface area contributed by atoms with Crippen LogP contribution in [0.4, 0.5) is 17.1 Å². The van der Waals surface area contributed by atoms with E-state index in [1.54, 1.807) is 47.4 Å². The minimum Gasteiger partial charge on any atom is -0.376 e. The predicted molar refractivity (Wildman–Crippen MR) is 124 cm³/mol. The first kappa shape index (κ1) is 21.7. The Bertz CT molecular complexity index is 1000. The molecule has 0 atom stereocenters. The van der Waals surface area contributed by atoms with E-state index >= 15 is 0 Å². The van der Waals surface area contributed by atoms with Crippen LogP contribution in [-0.2, 0) is 4.79 Å². The molecule has 0 aliphatic carbocycles. The van der Waals surface area contributed by atoms with Crippen molar-refractivity contribution in [1.29, 1.82) is 0 Å². The van der Waals surface area contributed by atoms with Crippen LogP contribution in [0.2, 0.25) is 10.0 Å². The number of carbonyl (C=O) groups excluding carboxylic acids is 2. The van der Waals surface area contributed by atoms with Crippen LogP contribution in [0.15, 0.2) is 72.8 Å². The van der Waals surface area contributed by atoms with E-state index in [2.05, 4.69) is 10.6 Å². The van der Waals surface area contributed by atoms with E-state index in [1.165, 1.54) is 0 Å². The molecule has 3 aromatic rings. The molecule has 154 valence electrons. The van der Waals surface area contributed by atoms with Crippen molar-refractivity contribution < 1.29 is 9.59 Å². The number of nitrogens with one attached hydrogen (secondary N) is 2. The number of rotatable bonds is 7. The van der Waals surface area contributed by atoms with E-state index in [4.69, 9.17) is 23.2 Å². The maximum atomic E-state index is 12.8. The molecule has 3 aromatic carbocycles. The molecule has 0 saturated heterocycles. The number of nitrogens with zero attached hydrogens (tertiary/aromatic N) is 1. The molecule has 0 aromatic heterocycles. The van der Waals surface area contributed by atoms with Crippen molar-refractivity contribution in [1.82, 2.24) is 0 Å². The van der Waals surface area contributed by atoms with E-state index in [1.807, 2.05) is 37.3 Å². The van der Waals surface area contributed by atoms with Crippen LogP contribution in [0.1, 0.15) is 17.3 Å². The average molecular weight is 442 g/mol. The maximum Gasteiger partial charge on any atom is 0.258 e. The number of halogens is 2. The Morgan fingerprint density at radius 3 is 2.10 bits per heavy atom. The van der Waals surface area contributed by atoms with Gasteiger partial charge in [-0.15, -0.1) is 0 Å². The molecule has 2 amide bonds. The third-order valence-electron chi connectivity index (χ3n) is 4.36. The molecule has 0 aliphatic heterocycles. The molecule has 5 nitrogen and oxygen atoms in total. The zero-order valence-electron chi connectivity index (χ0n) is 16.4. The summed E-state index contributed by atoms with van der Waals surface area (Å²) in [5.41, 5.74) is 2.65. The van der Waals surface area contributed by atoms with E-state index in [0.717, 1.165) is 5.69 Å². The van der Waals surface area contributed by atoms with Crippen molar-refractivity contribution in [2.75, 3.05) is 28.6 Å². The second-order valence-electron chi connectivity index (χ2n) is 6.52. The van der Waals surface area contributed by atoms with Gasteiger partial charge in [0.05, 0.1) is 6.54 Å². The summed E-state index contributed by atoms with van der Waals surface area (Å²) in [6.45, 7) is 2.54. The van der Waals surface area contributed by atoms with Crippen LogP contribution in [0, 0.1) is 0 Å². The SMILES string of the molecule is CCN(C(=O)c1ccc(NC(=O)CNc2cc(Cl)cc(Cl)c2)cc1)c1ccccc1. The lowest BCUT2D eigenvalue weighted by Crippen LogP contribution is -2.30. The number of para-hydroxylation sites is 1. The standard InChI is InChI=1S/C23H21Cl2N3O2/c1-2-28(21-6-4-3-5-7-21)23(30)16-8-10-19(11-9-16)27-22(29)15-26-20-13-17(24)12-18(25)14-20/h3-14,26H,2,15H2,1H3,(H,27,29). The molecule has 0 bridgehead atoms. The van der Waals surface area contributed by atoms with Crippen molar-refractivity contribution in [2.24, 2.45) is 0 Å². The minimum atomic E-state index is -0.232. The maximum absolute atomic E-state index is 12.8. The van der Waals surface area contributed by atoms with Crippen molar-refractivity contribution in [2.45, 2.75) is 6.92 Å². The van der Waals surface area contributed by atoms with Gasteiger partial charge in [0.15, 0.2) is 0 Å². The normalized spacial score (nSPS) is 10.4. The Labute approximate surface area is 185 Å². The second kappa shape index (κ2) is 10.1. The molecule has 7 heteroatoms. The molecule has 30 heavy (non-hydrogen) atoms. The van der Waals surface area contributed by atoms with Gasteiger partial charge < -0.3 is 15.5 Å². The van der Waals surface area contributed by atoms with Gasteiger partial charge in [0.1, 0.15) is 0 Å². The van der Waals surface area contributed by atoms with Crippen molar-refractivity contribution in [3.05, 3.63) is 88.4 Å². The zero-order valence-corrected chi connectivity index (χ0v) is 17.9. The second-order valence-corrected chi connectivity index (χ2v) is 7.40. The zero-order chi connectivity index (χ0) is 21.5. The summed E-state index contributed by atoms with van der Waals surface area (Å²) in [7, 11) is 0. The molecule has 0 aliphatic rings. The highest BCUT2D eigenvalue weighted by atomic mass is 35.5. The molecule has 0 saturated carbocycles. The van der Waals surface area contributed by atoms with Crippen molar-refractivity contribution in [3.63, 3.8) is 0 Å². The van der Waals surface area contributed by atoms with Crippen molar-refractivity contribution in [3.8, 4) is 0 Å². The molecule has 0 radical (unpaired) electrons. The molecule has 0 fully saturated rings. The largest absolute Gasteiger partial charge is 0.376 e. The lowest BCUT2D eigenvalue weighted by Gasteiger charge is -2.21. The molecule has 3 rings (SSSR count). The predicted octanol–water partition coefficient (Wildman–Crippen LogP) is 5.71. The van der Waals surface area contributed by atoms with E-state index in [-0.39, 0.29) is 18.4 Å². The van der Waals surface area contributed by atoms with Crippen LogP contribution in [0.3, 0.4) is 0 Å². The van der Waals surface area contributed by atoms with Crippen LogP contribution in [0.5, 0.6) is 0 Å². The van der Waals surface area contributed by atoms with E-state index in [9.17, 15) is 9.59 Å². The van der Waals surface area contributed by atoms with Gasteiger partial charge in [-0.3, -0.25) is 9.59 Å². The summed E-state index contributed by atoms with van der Waals surface area (Å²) in [6, 6.07) is 21.3. The summed E-state index contributed by atoms with van der Waals surface area (Å²) >= 11 is 11.9. The Hall–Kier alpha value is -3.02. The Balaban J connectivity index is 1.59. The first-order chi connectivity index (χ1) is 14.5. The monoisotopic (exact) mass is 441 g/mol. The summed E-state index contributed by atoms with van der Waals surface area (Å²) in [6.07, 6.45) is 0. The van der Waals surface area contributed by atoms with Gasteiger partial charge in [0, 0.05) is 39.2 Å². The van der Waals surface area contributed by atoms with Gasteiger partial charge in [0.2, 0.25) is 5.91 Å². The summed E-state index contributed by atoms with van der Waals surface area (Å²) in [4.78, 5) is 26.7. The number of anilines is 3. The lowest BCUT2D eigenvalue weighted by atomic mass is 10.1. The highest BCUT2D eigenvalue weighted by Gasteiger charge is 2.16. The fourth-order valence-electron chi connectivity index (χ4n) is 2.95. The summed E-state index contributed by atoms with van der Waals surface area (Å²) in [5.74, 6) is -0.328. The number of hydrogen-bond acceptors (Lipinski definition) is 3. The minimum absolute atomic E-state index is 0.0506. The number of hydrogen-bond donors (Lipinski definition) is 2. The third kappa shape index (κ3) is 5.75. The van der Waals surface area contributed by atoms with Gasteiger partial charge in [-0.1, -0.05) is 41.4 Å². The quantitative estimate of drug-likeness (QED) is 0.493. The third-order valence-corrected chi connectivity index (χ3v) is 4.80. The number of benzene rings is 3. The van der Waals surface area contributed by atoms with Crippen LogP contribution in [0.25, 0.3) is 0 Å². The van der Waals surface area contributed by atoms with Gasteiger partial charge in [0.25, 0.3) is 5.91 Å². The number of amides is 2. The fourth-order valence-corrected chi connectivity index (χ4v) is 3.47. The first-order valence-corrected chi connectivity index (χ1v) is 10.2. The van der Waals surface area contributed by atoms with Crippen LogP contribution >= 0.6 is 23.2 Å². The molecule has 2 N–H and O–H groups in total. The summed E-state index contributed by atoms with van der Waals surface area (Å²) < 4.78 is 0. The summed E-state index contributed by atoms with van der Waals surface area (Å²) in [5, 5.41) is 6.74. The Kier molecular flexibility index (Phi) is 7.33. The van der Waals surface area contributed by atoms with E-state index in [0.29, 0.717) is 33.5 Å².